The van der Waals surface area contributed by atoms with Crippen LogP contribution in [-0.4, -0.2) is 11.3 Å². The molecule has 0 unspecified atom stereocenters. The van der Waals surface area contributed by atoms with Gasteiger partial charge >= 0.3 is 0 Å². The van der Waals surface area contributed by atoms with Gasteiger partial charge in [0.2, 0.25) is 0 Å². The largest absolute Gasteiger partial charge is 0.326 e. The van der Waals surface area contributed by atoms with Crippen LogP contribution in [0.1, 0.15) is 68.9 Å². The van der Waals surface area contributed by atoms with Gasteiger partial charge in [0, 0.05) is 17.5 Å². The van der Waals surface area contributed by atoms with E-state index in [-0.39, 0.29) is 16.7 Å². The van der Waals surface area contributed by atoms with E-state index in [1.165, 1.54) is 5.56 Å². The Morgan fingerprint density at radius 2 is 1.74 bits per heavy atom. The van der Waals surface area contributed by atoms with Crippen LogP contribution in [0.2, 0.25) is 0 Å². The first-order valence-corrected chi connectivity index (χ1v) is 6.94. The lowest BCUT2D eigenvalue weighted by Gasteiger charge is -2.21. The summed E-state index contributed by atoms with van der Waals surface area (Å²) in [6.07, 6.45) is 1.23. The molecule has 2 N–H and O–H groups in total. The van der Waals surface area contributed by atoms with E-state index in [9.17, 15) is 4.79 Å². The summed E-state index contributed by atoms with van der Waals surface area (Å²) in [4.78, 5) is 12.2. The second-order valence-corrected chi connectivity index (χ2v) is 7.19. The maximum Gasteiger partial charge on any atom is 0.163 e. The number of Topliss-reactive ketones (excluding diaryl/α,β-unsaturated/α-hetero) is 1. The molecule has 1 rings (SSSR count). The quantitative estimate of drug-likeness (QED) is 0.833. The molecular formula is C17H27NO. The van der Waals surface area contributed by atoms with Gasteiger partial charge in [0.25, 0.3) is 0 Å². The number of rotatable bonds is 4. The smallest absolute Gasteiger partial charge is 0.163 e. The Kier molecular flexibility index (Phi) is 4.57. The van der Waals surface area contributed by atoms with Crippen LogP contribution in [0.3, 0.4) is 0 Å². The molecule has 19 heavy (non-hydrogen) atoms. The number of ketones is 1. The van der Waals surface area contributed by atoms with Crippen molar-refractivity contribution >= 4 is 5.78 Å². The van der Waals surface area contributed by atoms with Crippen LogP contribution in [0.5, 0.6) is 0 Å². The first-order chi connectivity index (χ1) is 8.50. The third-order valence-electron chi connectivity index (χ3n) is 3.39. The fourth-order valence-corrected chi connectivity index (χ4v) is 2.01. The summed E-state index contributed by atoms with van der Waals surface area (Å²) in [6, 6.07) is 6.15. The number of aryl methyl sites for hydroxylation is 1. The predicted molar refractivity (Wildman–Crippen MR) is 81.7 cm³/mol. The minimum atomic E-state index is -0.283. The number of carbonyl (C=O) groups excluding carboxylic acids is 1. The molecule has 2 nitrogen and oxygen atoms in total. The molecule has 1 aromatic rings. The van der Waals surface area contributed by atoms with E-state index >= 15 is 0 Å². The average Bonchev–Trinajstić information content (AvgIpc) is 2.23. The molecule has 2 heteroatoms. The Morgan fingerprint density at radius 1 is 1.16 bits per heavy atom. The Balaban J connectivity index is 2.88. The summed E-state index contributed by atoms with van der Waals surface area (Å²) in [5.74, 6) is 0.191. The summed E-state index contributed by atoms with van der Waals surface area (Å²) in [7, 11) is 0. The molecule has 0 heterocycles. The van der Waals surface area contributed by atoms with Gasteiger partial charge in [-0.05, 0) is 43.7 Å². The number of nitrogens with two attached hydrogens (primary N) is 1. The van der Waals surface area contributed by atoms with Gasteiger partial charge in [-0.1, -0.05) is 39.0 Å². The highest BCUT2D eigenvalue weighted by molar-refractivity contribution is 5.97. The van der Waals surface area contributed by atoms with Crippen molar-refractivity contribution in [2.75, 3.05) is 0 Å². The van der Waals surface area contributed by atoms with E-state index in [2.05, 4.69) is 32.9 Å². The van der Waals surface area contributed by atoms with E-state index in [4.69, 9.17) is 5.73 Å². The van der Waals surface area contributed by atoms with Gasteiger partial charge in [-0.15, -0.1) is 0 Å². The molecule has 0 amide bonds. The van der Waals surface area contributed by atoms with Crippen molar-refractivity contribution in [3.63, 3.8) is 0 Å². The third kappa shape index (κ3) is 4.79. The Morgan fingerprint density at radius 3 is 2.16 bits per heavy atom. The molecule has 0 saturated carbocycles. The number of carbonyl (C=O) groups is 1. The van der Waals surface area contributed by atoms with Gasteiger partial charge < -0.3 is 5.73 Å². The zero-order valence-electron chi connectivity index (χ0n) is 13.1. The van der Waals surface area contributed by atoms with Crippen LogP contribution < -0.4 is 5.73 Å². The van der Waals surface area contributed by atoms with Crippen LogP contribution >= 0.6 is 0 Å². The first-order valence-electron chi connectivity index (χ1n) is 6.94. The van der Waals surface area contributed by atoms with Crippen molar-refractivity contribution in [3.05, 3.63) is 34.9 Å². The molecule has 0 saturated heterocycles. The van der Waals surface area contributed by atoms with Crippen LogP contribution in [0.15, 0.2) is 18.2 Å². The van der Waals surface area contributed by atoms with Gasteiger partial charge in [-0.2, -0.15) is 0 Å². The third-order valence-corrected chi connectivity index (χ3v) is 3.39. The maximum absolute atomic E-state index is 12.2. The van der Waals surface area contributed by atoms with Gasteiger partial charge in [-0.3, -0.25) is 4.79 Å². The van der Waals surface area contributed by atoms with E-state index in [1.807, 2.05) is 26.8 Å². The minimum absolute atomic E-state index is 0.117. The van der Waals surface area contributed by atoms with Crippen molar-refractivity contribution in [1.29, 1.82) is 0 Å². The maximum atomic E-state index is 12.2. The molecule has 0 radical (unpaired) electrons. The highest BCUT2D eigenvalue weighted by Crippen LogP contribution is 2.25. The number of hydrogen-bond donors (Lipinski definition) is 1. The Hall–Kier alpha value is -1.15. The van der Waals surface area contributed by atoms with Crippen molar-refractivity contribution in [2.24, 2.45) is 5.73 Å². The van der Waals surface area contributed by atoms with Crippen LogP contribution in [-0.2, 0) is 5.41 Å². The summed E-state index contributed by atoms with van der Waals surface area (Å²) in [5, 5.41) is 0. The molecule has 0 aliphatic rings. The van der Waals surface area contributed by atoms with Gasteiger partial charge in [0.1, 0.15) is 0 Å². The van der Waals surface area contributed by atoms with Crippen molar-refractivity contribution in [3.8, 4) is 0 Å². The SMILES string of the molecule is Cc1cc(C(C)(C)C)ccc1C(=O)CCC(C)(C)N. The second kappa shape index (κ2) is 5.46. The monoisotopic (exact) mass is 261 g/mol. The van der Waals surface area contributed by atoms with Crippen molar-refractivity contribution in [1.82, 2.24) is 0 Å². The zero-order valence-corrected chi connectivity index (χ0v) is 13.1. The fraction of sp³-hybridized carbons (Fsp3) is 0.588. The highest BCUT2D eigenvalue weighted by atomic mass is 16.1. The van der Waals surface area contributed by atoms with Gasteiger partial charge in [-0.25, -0.2) is 0 Å². The summed E-state index contributed by atoms with van der Waals surface area (Å²) < 4.78 is 0. The molecule has 0 spiro atoms. The molecular weight excluding hydrogens is 234 g/mol. The number of hydrogen-bond acceptors (Lipinski definition) is 2. The molecule has 0 bridgehead atoms. The van der Waals surface area contributed by atoms with E-state index < -0.39 is 0 Å². The zero-order chi connectivity index (χ0) is 14.8. The van der Waals surface area contributed by atoms with Crippen LogP contribution in [0, 0.1) is 6.92 Å². The van der Waals surface area contributed by atoms with Crippen molar-refractivity contribution < 1.29 is 4.79 Å². The van der Waals surface area contributed by atoms with E-state index in [0.717, 1.165) is 11.1 Å². The highest BCUT2D eigenvalue weighted by Gasteiger charge is 2.18. The number of benzene rings is 1. The summed E-state index contributed by atoms with van der Waals surface area (Å²) in [5.41, 5.74) is 8.92. The van der Waals surface area contributed by atoms with Gasteiger partial charge in [0.05, 0.1) is 0 Å². The van der Waals surface area contributed by atoms with Crippen molar-refractivity contribution in [2.45, 2.75) is 65.3 Å². The Bertz CT molecular complexity index is 461. The standard InChI is InChI=1S/C17H27NO/c1-12-11-13(16(2,3)4)7-8-14(12)15(19)9-10-17(5,6)18/h7-8,11H,9-10,18H2,1-6H3. The lowest BCUT2D eigenvalue weighted by molar-refractivity contribution is 0.0972. The normalized spacial score (nSPS) is 12.6. The lowest BCUT2D eigenvalue weighted by atomic mass is 9.84. The van der Waals surface area contributed by atoms with Crippen LogP contribution in [0.25, 0.3) is 0 Å². The van der Waals surface area contributed by atoms with Crippen LogP contribution in [0.4, 0.5) is 0 Å². The summed E-state index contributed by atoms with van der Waals surface area (Å²) in [6.45, 7) is 12.5. The minimum Gasteiger partial charge on any atom is -0.326 e. The topological polar surface area (TPSA) is 43.1 Å². The molecule has 0 aromatic heterocycles. The lowest BCUT2D eigenvalue weighted by Crippen LogP contribution is -2.32. The van der Waals surface area contributed by atoms with Gasteiger partial charge in [0.15, 0.2) is 5.78 Å². The molecule has 106 valence electrons. The summed E-state index contributed by atoms with van der Waals surface area (Å²) >= 11 is 0. The molecule has 0 aliphatic carbocycles. The predicted octanol–water partition coefficient (Wildman–Crippen LogP) is 3.99. The first kappa shape index (κ1) is 15.9. The average molecular weight is 261 g/mol. The fourth-order valence-electron chi connectivity index (χ4n) is 2.01. The van der Waals surface area contributed by atoms with E-state index in [0.29, 0.717) is 12.8 Å². The molecule has 1 aromatic carbocycles. The molecule has 0 atom stereocenters. The molecule has 0 fully saturated rings. The molecule has 0 aliphatic heterocycles. The Labute approximate surface area is 117 Å². The second-order valence-electron chi connectivity index (χ2n) is 7.19. The van der Waals surface area contributed by atoms with E-state index in [1.54, 1.807) is 0 Å².